The summed E-state index contributed by atoms with van der Waals surface area (Å²) in [5.41, 5.74) is 7.67. The van der Waals surface area contributed by atoms with E-state index in [-0.39, 0.29) is 5.91 Å². The highest BCUT2D eigenvalue weighted by atomic mass is 32.1. The zero-order valence-electron chi connectivity index (χ0n) is 11.1. The summed E-state index contributed by atoms with van der Waals surface area (Å²) in [5, 5.41) is 2.95. The Morgan fingerprint density at radius 2 is 2.05 bits per heavy atom. The Balaban J connectivity index is 1.94. The zero-order valence-corrected chi connectivity index (χ0v) is 12.0. The fourth-order valence-electron chi connectivity index (χ4n) is 1.84. The number of rotatable bonds is 4. The average molecular weight is 274 g/mol. The second-order valence-electron chi connectivity index (χ2n) is 4.64. The van der Waals surface area contributed by atoms with E-state index in [0.717, 1.165) is 4.88 Å². The van der Waals surface area contributed by atoms with E-state index in [9.17, 15) is 4.79 Å². The molecule has 0 saturated carbocycles. The SMILES string of the molecule is Cc1sc(C(=O)NCC(C)c2ccccc2)cc1N. The van der Waals surface area contributed by atoms with Crippen molar-refractivity contribution in [1.29, 1.82) is 0 Å². The maximum Gasteiger partial charge on any atom is 0.261 e. The van der Waals surface area contributed by atoms with E-state index < -0.39 is 0 Å². The van der Waals surface area contributed by atoms with Crippen LogP contribution < -0.4 is 11.1 Å². The third kappa shape index (κ3) is 3.35. The third-order valence-electron chi connectivity index (χ3n) is 3.12. The topological polar surface area (TPSA) is 55.1 Å². The lowest BCUT2D eigenvalue weighted by Gasteiger charge is -2.12. The molecule has 3 N–H and O–H groups in total. The smallest absolute Gasteiger partial charge is 0.261 e. The van der Waals surface area contributed by atoms with Crippen LogP contribution in [0.1, 0.15) is 33.0 Å². The van der Waals surface area contributed by atoms with Gasteiger partial charge in [-0.15, -0.1) is 11.3 Å². The summed E-state index contributed by atoms with van der Waals surface area (Å²) in [6, 6.07) is 11.9. The van der Waals surface area contributed by atoms with Gasteiger partial charge >= 0.3 is 0 Å². The van der Waals surface area contributed by atoms with Crippen molar-refractivity contribution < 1.29 is 4.79 Å². The van der Waals surface area contributed by atoms with E-state index in [1.165, 1.54) is 16.9 Å². The molecule has 1 unspecified atom stereocenters. The Morgan fingerprint density at radius 3 is 2.63 bits per heavy atom. The number of carbonyl (C=O) groups excluding carboxylic acids is 1. The number of carbonyl (C=O) groups is 1. The fraction of sp³-hybridized carbons (Fsp3) is 0.267. The standard InChI is InChI=1S/C15H18N2OS/c1-10(12-6-4-3-5-7-12)9-17-15(18)14-8-13(16)11(2)19-14/h3-8,10H,9,16H2,1-2H3,(H,17,18). The molecule has 100 valence electrons. The summed E-state index contributed by atoms with van der Waals surface area (Å²) < 4.78 is 0. The zero-order chi connectivity index (χ0) is 13.8. The number of benzene rings is 1. The van der Waals surface area contributed by atoms with Crippen LogP contribution in [0.4, 0.5) is 5.69 Å². The summed E-state index contributed by atoms with van der Waals surface area (Å²) >= 11 is 1.43. The van der Waals surface area contributed by atoms with Crippen molar-refractivity contribution in [1.82, 2.24) is 5.32 Å². The number of hydrogen-bond acceptors (Lipinski definition) is 3. The number of anilines is 1. The molecule has 2 rings (SSSR count). The Kier molecular flexibility index (Phi) is 4.22. The molecule has 1 aromatic heterocycles. The maximum atomic E-state index is 12.0. The normalized spacial score (nSPS) is 12.1. The minimum Gasteiger partial charge on any atom is -0.398 e. The highest BCUT2D eigenvalue weighted by Gasteiger charge is 2.12. The van der Waals surface area contributed by atoms with Gasteiger partial charge in [-0.25, -0.2) is 0 Å². The number of nitrogens with one attached hydrogen (secondary N) is 1. The van der Waals surface area contributed by atoms with Crippen molar-refractivity contribution in [2.45, 2.75) is 19.8 Å². The second-order valence-corrected chi connectivity index (χ2v) is 5.90. The van der Waals surface area contributed by atoms with Gasteiger partial charge in [-0.1, -0.05) is 37.3 Å². The molecule has 4 heteroatoms. The van der Waals surface area contributed by atoms with E-state index in [0.29, 0.717) is 23.0 Å². The van der Waals surface area contributed by atoms with Gasteiger partial charge in [0.25, 0.3) is 5.91 Å². The molecule has 0 aliphatic heterocycles. The van der Waals surface area contributed by atoms with Gasteiger partial charge < -0.3 is 11.1 Å². The maximum absolute atomic E-state index is 12.0. The van der Waals surface area contributed by atoms with Gasteiger partial charge in [-0.2, -0.15) is 0 Å². The molecule has 1 amide bonds. The minimum atomic E-state index is -0.0485. The average Bonchev–Trinajstić information content (AvgIpc) is 2.77. The van der Waals surface area contributed by atoms with Crippen molar-refractivity contribution in [3.05, 3.63) is 51.7 Å². The first kappa shape index (κ1) is 13.6. The van der Waals surface area contributed by atoms with Crippen molar-refractivity contribution in [2.24, 2.45) is 0 Å². The van der Waals surface area contributed by atoms with Crippen molar-refractivity contribution in [3.63, 3.8) is 0 Å². The molecule has 0 radical (unpaired) electrons. The van der Waals surface area contributed by atoms with Gasteiger partial charge in [0.05, 0.1) is 4.88 Å². The Bertz CT molecular complexity index is 543. The molecule has 0 bridgehead atoms. The molecule has 0 aliphatic rings. The van der Waals surface area contributed by atoms with Crippen molar-refractivity contribution in [2.75, 3.05) is 12.3 Å². The summed E-state index contributed by atoms with van der Waals surface area (Å²) in [4.78, 5) is 13.7. The van der Waals surface area contributed by atoms with E-state index in [1.807, 2.05) is 25.1 Å². The molecule has 1 aromatic carbocycles. The summed E-state index contributed by atoms with van der Waals surface area (Å²) in [6.07, 6.45) is 0. The largest absolute Gasteiger partial charge is 0.398 e. The second kappa shape index (κ2) is 5.89. The molecule has 2 aromatic rings. The first-order chi connectivity index (χ1) is 9.08. The Labute approximate surface area is 117 Å². The molecule has 19 heavy (non-hydrogen) atoms. The lowest BCUT2D eigenvalue weighted by molar-refractivity contribution is 0.0955. The molecule has 1 heterocycles. The van der Waals surface area contributed by atoms with Gasteiger partial charge in [0.2, 0.25) is 0 Å². The van der Waals surface area contributed by atoms with Crippen LogP contribution in [0.25, 0.3) is 0 Å². The highest BCUT2D eigenvalue weighted by Crippen LogP contribution is 2.23. The lowest BCUT2D eigenvalue weighted by atomic mass is 10.0. The minimum absolute atomic E-state index is 0.0485. The van der Waals surface area contributed by atoms with E-state index in [1.54, 1.807) is 6.07 Å². The van der Waals surface area contributed by atoms with Gasteiger partial charge in [0, 0.05) is 17.1 Å². The number of nitrogens with two attached hydrogens (primary N) is 1. The summed E-state index contributed by atoms with van der Waals surface area (Å²) in [7, 11) is 0. The number of amides is 1. The first-order valence-electron chi connectivity index (χ1n) is 6.27. The molecule has 0 fully saturated rings. The third-order valence-corrected chi connectivity index (χ3v) is 4.18. The number of hydrogen-bond donors (Lipinski definition) is 2. The van der Waals surface area contributed by atoms with Gasteiger partial charge in [0.1, 0.15) is 0 Å². The Morgan fingerprint density at radius 1 is 1.37 bits per heavy atom. The first-order valence-corrected chi connectivity index (χ1v) is 7.08. The van der Waals surface area contributed by atoms with Crippen LogP contribution in [-0.2, 0) is 0 Å². The van der Waals surface area contributed by atoms with Crippen LogP contribution in [0.2, 0.25) is 0 Å². The van der Waals surface area contributed by atoms with Crippen molar-refractivity contribution in [3.8, 4) is 0 Å². The van der Waals surface area contributed by atoms with Crippen LogP contribution in [0.3, 0.4) is 0 Å². The summed E-state index contributed by atoms with van der Waals surface area (Å²) in [6.45, 7) is 4.65. The van der Waals surface area contributed by atoms with Gasteiger partial charge in [-0.05, 0) is 24.5 Å². The quantitative estimate of drug-likeness (QED) is 0.899. The molecule has 0 spiro atoms. The van der Waals surface area contributed by atoms with Crippen LogP contribution in [0.15, 0.2) is 36.4 Å². The number of thiophene rings is 1. The monoisotopic (exact) mass is 274 g/mol. The predicted molar refractivity (Wildman–Crippen MR) is 80.7 cm³/mol. The molecular weight excluding hydrogens is 256 g/mol. The van der Waals surface area contributed by atoms with Crippen molar-refractivity contribution >= 4 is 22.9 Å². The number of nitrogen functional groups attached to an aromatic ring is 1. The van der Waals surface area contributed by atoms with E-state index >= 15 is 0 Å². The molecule has 0 saturated heterocycles. The Hall–Kier alpha value is -1.81. The van der Waals surface area contributed by atoms with E-state index in [2.05, 4.69) is 24.4 Å². The number of aryl methyl sites for hydroxylation is 1. The van der Waals surface area contributed by atoms with Crippen LogP contribution in [0.5, 0.6) is 0 Å². The summed E-state index contributed by atoms with van der Waals surface area (Å²) in [5.74, 6) is 0.246. The lowest BCUT2D eigenvalue weighted by Crippen LogP contribution is -2.26. The van der Waals surface area contributed by atoms with Gasteiger partial charge in [0.15, 0.2) is 0 Å². The van der Waals surface area contributed by atoms with Crippen LogP contribution >= 0.6 is 11.3 Å². The van der Waals surface area contributed by atoms with Gasteiger partial charge in [-0.3, -0.25) is 4.79 Å². The fourth-order valence-corrected chi connectivity index (χ4v) is 2.70. The van der Waals surface area contributed by atoms with E-state index in [4.69, 9.17) is 5.73 Å². The molecule has 1 atom stereocenters. The molecular formula is C15H18N2OS. The predicted octanol–water partition coefficient (Wildman–Crippen LogP) is 3.17. The molecule has 0 aliphatic carbocycles. The highest BCUT2D eigenvalue weighted by molar-refractivity contribution is 7.14. The molecule has 3 nitrogen and oxygen atoms in total. The van der Waals surface area contributed by atoms with Crippen LogP contribution in [0, 0.1) is 6.92 Å². The van der Waals surface area contributed by atoms with Crippen LogP contribution in [-0.4, -0.2) is 12.5 Å².